The first kappa shape index (κ1) is 18.4. The minimum absolute atomic E-state index is 0.190. The first-order valence-electron chi connectivity index (χ1n) is 10.0. The minimum atomic E-state index is -0.974. The van der Waals surface area contributed by atoms with Crippen molar-refractivity contribution in [3.8, 4) is 0 Å². The number of hydrogen-bond donors (Lipinski definition) is 4. The fraction of sp³-hybridized carbons (Fsp3) is 0.333. The van der Waals surface area contributed by atoms with Crippen LogP contribution < -0.4 is 16.0 Å². The lowest BCUT2D eigenvalue weighted by Gasteiger charge is -2.40. The van der Waals surface area contributed by atoms with E-state index in [4.69, 9.17) is 10.8 Å². The lowest BCUT2D eigenvalue weighted by Crippen LogP contribution is -2.47. The minimum Gasteiger partial charge on any atom is -0.478 e. The van der Waals surface area contributed by atoms with E-state index in [1.54, 1.807) is 18.3 Å². The standard InChI is InChI=1S/C21H22N6O3/c22-19(28)16-10-25-20-15(5-6-23-20)18(16)26-12-7-13-2-3-14(8-12)27(13)17-4-1-11(9-24-17)21(29)30/h1,4-6,9-10,12-14H,2-3,7-8H2,(H2,22,28)(H,29,30)(H2,23,25,26)/t12-,13-,14+. The van der Waals surface area contributed by atoms with Gasteiger partial charge in [0.1, 0.15) is 11.5 Å². The van der Waals surface area contributed by atoms with Gasteiger partial charge in [0.2, 0.25) is 0 Å². The molecule has 0 unspecified atom stereocenters. The Hall–Kier alpha value is -3.62. The summed E-state index contributed by atoms with van der Waals surface area (Å²) >= 11 is 0. The molecule has 9 nitrogen and oxygen atoms in total. The zero-order valence-electron chi connectivity index (χ0n) is 16.2. The normalized spacial score (nSPS) is 22.9. The van der Waals surface area contributed by atoms with E-state index in [0.29, 0.717) is 23.3 Å². The summed E-state index contributed by atoms with van der Waals surface area (Å²) in [6.45, 7) is 0. The SMILES string of the molecule is NC(=O)c1cnc2[nH]ccc2c1N[C@@H]1C[C@H]2CC[C@@H](C1)N2c1ccc(C(=O)O)cn1. The zero-order valence-corrected chi connectivity index (χ0v) is 16.2. The van der Waals surface area contributed by atoms with Crippen molar-refractivity contribution in [1.29, 1.82) is 0 Å². The number of H-pyrrole nitrogens is 1. The van der Waals surface area contributed by atoms with Crippen molar-refractivity contribution >= 4 is 34.4 Å². The van der Waals surface area contributed by atoms with Gasteiger partial charge in [-0.05, 0) is 43.9 Å². The Balaban J connectivity index is 1.39. The van der Waals surface area contributed by atoms with Gasteiger partial charge in [-0.3, -0.25) is 4.79 Å². The molecule has 3 aromatic heterocycles. The van der Waals surface area contributed by atoms with Gasteiger partial charge in [-0.1, -0.05) is 0 Å². The summed E-state index contributed by atoms with van der Waals surface area (Å²) in [5.74, 6) is -0.657. The van der Waals surface area contributed by atoms with Gasteiger partial charge < -0.3 is 26.0 Å². The van der Waals surface area contributed by atoms with Crippen LogP contribution in [0.15, 0.2) is 36.8 Å². The predicted molar refractivity (Wildman–Crippen MR) is 112 cm³/mol. The summed E-state index contributed by atoms with van der Waals surface area (Å²) in [4.78, 5) is 37.1. The lowest BCUT2D eigenvalue weighted by molar-refractivity contribution is 0.0696. The van der Waals surface area contributed by atoms with Crippen molar-refractivity contribution in [3.63, 3.8) is 0 Å². The first-order valence-corrected chi connectivity index (χ1v) is 10.0. The molecule has 3 atom stereocenters. The average Bonchev–Trinajstić information content (AvgIpc) is 3.31. The number of hydrogen-bond acceptors (Lipinski definition) is 6. The van der Waals surface area contributed by atoms with Crippen LogP contribution in [0.25, 0.3) is 11.0 Å². The molecular weight excluding hydrogens is 384 g/mol. The number of carboxylic acid groups (broad SMARTS) is 1. The second-order valence-electron chi connectivity index (χ2n) is 7.97. The highest BCUT2D eigenvalue weighted by molar-refractivity contribution is 6.06. The maximum absolute atomic E-state index is 12.0. The third-order valence-corrected chi connectivity index (χ3v) is 6.19. The summed E-state index contributed by atoms with van der Waals surface area (Å²) in [5, 5.41) is 13.5. The lowest BCUT2D eigenvalue weighted by atomic mass is 9.96. The fourth-order valence-corrected chi connectivity index (χ4v) is 4.89. The van der Waals surface area contributed by atoms with E-state index in [2.05, 4.69) is 25.2 Å². The van der Waals surface area contributed by atoms with Crippen LogP contribution in [-0.4, -0.2) is 50.1 Å². The topological polar surface area (TPSA) is 137 Å². The number of anilines is 2. The number of fused-ring (bicyclic) bond motifs is 3. The number of nitrogens with two attached hydrogens (primary N) is 1. The second-order valence-corrected chi connectivity index (χ2v) is 7.97. The molecule has 5 heterocycles. The smallest absolute Gasteiger partial charge is 0.337 e. The Morgan fingerprint density at radius 2 is 1.90 bits per heavy atom. The fourth-order valence-electron chi connectivity index (χ4n) is 4.89. The van der Waals surface area contributed by atoms with E-state index < -0.39 is 11.9 Å². The van der Waals surface area contributed by atoms with Crippen LogP contribution in [0, 0.1) is 0 Å². The van der Waals surface area contributed by atoms with Crippen LogP contribution in [0.5, 0.6) is 0 Å². The number of aromatic amines is 1. The Morgan fingerprint density at radius 3 is 2.53 bits per heavy atom. The van der Waals surface area contributed by atoms with Gasteiger partial charge in [-0.15, -0.1) is 0 Å². The number of carboxylic acids is 1. The Labute approximate surface area is 172 Å². The van der Waals surface area contributed by atoms with E-state index in [9.17, 15) is 9.59 Å². The monoisotopic (exact) mass is 406 g/mol. The van der Waals surface area contributed by atoms with Crippen LogP contribution in [-0.2, 0) is 0 Å². The molecule has 2 aliphatic rings. The number of primary amides is 1. The van der Waals surface area contributed by atoms with Gasteiger partial charge in [-0.2, -0.15) is 0 Å². The maximum atomic E-state index is 12.0. The second kappa shape index (κ2) is 7.01. The molecule has 154 valence electrons. The Bertz CT molecular complexity index is 1110. The number of aromatic nitrogens is 3. The van der Waals surface area contributed by atoms with Crippen LogP contribution in [0.4, 0.5) is 11.5 Å². The molecule has 9 heteroatoms. The third kappa shape index (κ3) is 3.02. The zero-order chi connectivity index (χ0) is 20.8. The van der Waals surface area contributed by atoms with Gasteiger partial charge in [0.25, 0.3) is 5.91 Å². The molecule has 2 fully saturated rings. The van der Waals surface area contributed by atoms with Crippen molar-refractivity contribution in [1.82, 2.24) is 15.0 Å². The number of piperidine rings is 1. The number of carbonyl (C=O) groups excluding carboxylic acids is 1. The molecule has 2 bridgehead atoms. The van der Waals surface area contributed by atoms with Gasteiger partial charge in [0, 0.05) is 42.1 Å². The molecule has 0 aromatic carbocycles. The summed E-state index contributed by atoms with van der Waals surface area (Å²) < 4.78 is 0. The maximum Gasteiger partial charge on any atom is 0.337 e. The highest BCUT2D eigenvalue weighted by atomic mass is 16.4. The van der Waals surface area contributed by atoms with E-state index in [0.717, 1.165) is 42.6 Å². The Morgan fingerprint density at radius 1 is 1.13 bits per heavy atom. The van der Waals surface area contributed by atoms with Gasteiger partial charge in [0.05, 0.1) is 16.8 Å². The van der Waals surface area contributed by atoms with Crippen LogP contribution >= 0.6 is 0 Å². The highest BCUT2D eigenvalue weighted by Gasteiger charge is 2.41. The van der Waals surface area contributed by atoms with Gasteiger partial charge >= 0.3 is 5.97 Å². The Kier molecular flexibility index (Phi) is 4.30. The van der Waals surface area contributed by atoms with E-state index in [-0.39, 0.29) is 11.6 Å². The number of rotatable bonds is 5. The molecule has 0 spiro atoms. The molecule has 1 amide bonds. The molecule has 2 aliphatic heterocycles. The van der Waals surface area contributed by atoms with E-state index >= 15 is 0 Å². The molecule has 2 saturated heterocycles. The van der Waals surface area contributed by atoms with Crippen molar-refractivity contribution in [2.45, 2.75) is 43.8 Å². The number of nitrogens with one attached hydrogen (secondary N) is 2. The summed E-state index contributed by atoms with van der Waals surface area (Å²) in [6, 6.07) is 6.10. The highest BCUT2D eigenvalue weighted by Crippen LogP contribution is 2.40. The number of nitrogens with zero attached hydrogens (tertiary/aromatic N) is 3. The van der Waals surface area contributed by atoms with Crippen molar-refractivity contribution < 1.29 is 14.7 Å². The largest absolute Gasteiger partial charge is 0.478 e. The first-order chi connectivity index (χ1) is 14.5. The molecule has 0 saturated carbocycles. The van der Waals surface area contributed by atoms with Crippen LogP contribution in [0.3, 0.4) is 0 Å². The number of aromatic carboxylic acids is 1. The van der Waals surface area contributed by atoms with Crippen molar-refractivity contribution in [2.75, 3.05) is 10.2 Å². The third-order valence-electron chi connectivity index (χ3n) is 6.19. The van der Waals surface area contributed by atoms with Gasteiger partial charge in [-0.25, -0.2) is 14.8 Å². The molecule has 30 heavy (non-hydrogen) atoms. The molecular formula is C21H22N6O3. The van der Waals surface area contributed by atoms with E-state index in [1.807, 2.05) is 6.07 Å². The quantitative estimate of drug-likeness (QED) is 0.510. The van der Waals surface area contributed by atoms with Gasteiger partial charge in [0.15, 0.2) is 0 Å². The summed E-state index contributed by atoms with van der Waals surface area (Å²) in [5.41, 5.74) is 7.62. The number of amides is 1. The van der Waals surface area contributed by atoms with E-state index in [1.165, 1.54) is 12.4 Å². The average molecular weight is 406 g/mol. The molecule has 0 radical (unpaired) electrons. The van der Waals surface area contributed by atoms with Crippen LogP contribution in [0.2, 0.25) is 0 Å². The van der Waals surface area contributed by atoms with Crippen molar-refractivity contribution in [3.05, 3.63) is 47.9 Å². The molecule has 5 rings (SSSR count). The summed E-state index contributed by atoms with van der Waals surface area (Å²) in [6.07, 6.45) is 8.64. The van der Waals surface area contributed by atoms with Crippen molar-refractivity contribution in [2.24, 2.45) is 5.73 Å². The molecule has 5 N–H and O–H groups in total. The number of carbonyl (C=O) groups is 2. The molecule has 3 aromatic rings. The number of pyridine rings is 2. The summed E-state index contributed by atoms with van der Waals surface area (Å²) in [7, 11) is 0. The molecule has 0 aliphatic carbocycles. The van der Waals surface area contributed by atoms with Crippen LogP contribution in [0.1, 0.15) is 46.4 Å². The predicted octanol–water partition coefficient (Wildman–Crippen LogP) is 2.37.